The Bertz CT molecular complexity index is 1210. The van der Waals surface area contributed by atoms with E-state index in [4.69, 9.17) is 0 Å². The van der Waals surface area contributed by atoms with Crippen LogP contribution in [0.1, 0.15) is 38.5 Å². The molecule has 1 amide bonds. The van der Waals surface area contributed by atoms with Gasteiger partial charge in [0.25, 0.3) is 11.5 Å². The summed E-state index contributed by atoms with van der Waals surface area (Å²) in [5.41, 5.74) is 4.69. The highest BCUT2D eigenvalue weighted by atomic mass is 32.1. The molecule has 0 radical (unpaired) electrons. The molecule has 0 bridgehead atoms. The maximum absolute atomic E-state index is 12.8. The molecule has 1 aromatic carbocycles. The van der Waals surface area contributed by atoms with E-state index in [0.29, 0.717) is 28.5 Å². The molecule has 142 valence electrons. The molecule has 4 rings (SSSR count). The van der Waals surface area contributed by atoms with E-state index in [-0.39, 0.29) is 11.5 Å². The summed E-state index contributed by atoms with van der Waals surface area (Å²) in [6.45, 7) is 3.53. The summed E-state index contributed by atoms with van der Waals surface area (Å²) in [7, 11) is 0. The highest BCUT2D eigenvalue weighted by Gasteiger charge is 2.22. The van der Waals surface area contributed by atoms with Gasteiger partial charge >= 0.3 is 0 Å². The standard InChI is InChI=1S/C20H19N5O2S/c1-11-19(28-10-22-11)20(27)25-16(17-8-18(26)24-12(2)23-17)7-13-9-21-15-6-4-3-5-14(13)15/h3-6,8-10,16,21H,7H2,1-2H3,(H,25,27)(H,23,24,26). The monoisotopic (exact) mass is 393 g/mol. The minimum atomic E-state index is -0.450. The smallest absolute Gasteiger partial charge is 0.263 e. The van der Waals surface area contributed by atoms with E-state index < -0.39 is 6.04 Å². The van der Waals surface area contributed by atoms with Crippen molar-refractivity contribution in [2.75, 3.05) is 0 Å². The second kappa shape index (κ2) is 7.40. The topological polar surface area (TPSA) is 104 Å². The van der Waals surface area contributed by atoms with Crippen molar-refractivity contribution in [3.63, 3.8) is 0 Å². The van der Waals surface area contributed by atoms with Crippen molar-refractivity contribution >= 4 is 28.1 Å². The number of aromatic amines is 2. The van der Waals surface area contributed by atoms with Crippen molar-refractivity contribution in [1.82, 2.24) is 25.3 Å². The lowest BCUT2D eigenvalue weighted by Crippen LogP contribution is -2.31. The second-order valence-corrected chi connectivity index (χ2v) is 7.47. The summed E-state index contributed by atoms with van der Waals surface area (Å²) in [6, 6.07) is 8.97. The van der Waals surface area contributed by atoms with Crippen molar-refractivity contribution in [3.05, 3.63) is 80.0 Å². The number of thiazole rings is 1. The number of amides is 1. The molecule has 3 heterocycles. The van der Waals surface area contributed by atoms with Crippen LogP contribution in [0.4, 0.5) is 0 Å². The van der Waals surface area contributed by atoms with Gasteiger partial charge in [-0.25, -0.2) is 9.97 Å². The molecule has 4 aromatic rings. The Morgan fingerprint density at radius 3 is 2.86 bits per heavy atom. The van der Waals surface area contributed by atoms with Gasteiger partial charge in [-0.1, -0.05) is 18.2 Å². The zero-order valence-electron chi connectivity index (χ0n) is 15.4. The van der Waals surface area contributed by atoms with Crippen LogP contribution in [0, 0.1) is 13.8 Å². The van der Waals surface area contributed by atoms with Gasteiger partial charge in [0.05, 0.1) is 22.9 Å². The zero-order chi connectivity index (χ0) is 19.7. The number of rotatable bonds is 5. The van der Waals surface area contributed by atoms with Crippen molar-refractivity contribution in [2.24, 2.45) is 0 Å². The zero-order valence-corrected chi connectivity index (χ0v) is 16.3. The number of benzene rings is 1. The summed E-state index contributed by atoms with van der Waals surface area (Å²) >= 11 is 1.29. The summed E-state index contributed by atoms with van der Waals surface area (Å²) in [6.07, 6.45) is 2.44. The fourth-order valence-corrected chi connectivity index (χ4v) is 3.98. The molecule has 0 spiro atoms. The molecule has 0 saturated heterocycles. The molecule has 0 aliphatic heterocycles. The van der Waals surface area contributed by atoms with E-state index in [1.54, 1.807) is 19.4 Å². The Hall–Kier alpha value is -3.26. The van der Waals surface area contributed by atoms with E-state index in [9.17, 15) is 9.59 Å². The van der Waals surface area contributed by atoms with Crippen molar-refractivity contribution < 1.29 is 4.79 Å². The number of aromatic nitrogens is 4. The molecule has 3 aromatic heterocycles. The molecule has 0 aliphatic rings. The summed E-state index contributed by atoms with van der Waals surface area (Å²) in [5, 5.41) is 4.12. The van der Waals surface area contributed by atoms with Gasteiger partial charge in [0.15, 0.2) is 0 Å². The van der Waals surface area contributed by atoms with E-state index in [1.807, 2.05) is 30.5 Å². The predicted molar refractivity (Wildman–Crippen MR) is 109 cm³/mol. The van der Waals surface area contributed by atoms with Gasteiger partial charge in [0.1, 0.15) is 10.7 Å². The van der Waals surface area contributed by atoms with E-state index in [1.165, 1.54) is 17.4 Å². The molecule has 3 N–H and O–H groups in total. The van der Waals surface area contributed by atoms with Crippen LogP contribution in [-0.4, -0.2) is 25.8 Å². The number of H-pyrrole nitrogens is 2. The molecule has 0 saturated carbocycles. The molecule has 0 fully saturated rings. The van der Waals surface area contributed by atoms with Crippen molar-refractivity contribution in [3.8, 4) is 0 Å². The SMILES string of the molecule is Cc1nc(C(Cc2c[nH]c3ccccc23)NC(=O)c2scnc2C)cc(=O)[nH]1. The lowest BCUT2D eigenvalue weighted by Gasteiger charge is -2.18. The predicted octanol–water partition coefficient (Wildman–Crippen LogP) is 3.04. The average molecular weight is 393 g/mol. The van der Waals surface area contributed by atoms with Crippen LogP contribution in [0.5, 0.6) is 0 Å². The van der Waals surface area contributed by atoms with Crippen LogP contribution >= 0.6 is 11.3 Å². The van der Waals surface area contributed by atoms with Crippen LogP contribution in [0.3, 0.4) is 0 Å². The molecular formula is C20H19N5O2S. The third kappa shape index (κ3) is 3.59. The Balaban J connectivity index is 1.71. The number of fused-ring (bicyclic) bond motifs is 1. The van der Waals surface area contributed by atoms with Gasteiger partial charge in [-0.05, 0) is 25.5 Å². The van der Waals surface area contributed by atoms with Crippen molar-refractivity contribution in [2.45, 2.75) is 26.3 Å². The van der Waals surface area contributed by atoms with Crippen LogP contribution in [0.15, 0.2) is 46.8 Å². The van der Waals surface area contributed by atoms with Gasteiger partial charge in [0.2, 0.25) is 0 Å². The largest absolute Gasteiger partial charge is 0.361 e. The highest BCUT2D eigenvalue weighted by Crippen LogP contribution is 2.24. The fraction of sp³-hybridized carbons (Fsp3) is 0.200. The first-order valence-corrected chi connectivity index (χ1v) is 9.73. The van der Waals surface area contributed by atoms with Crippen LogP contribution in [0.2, 0.25) is 0 Å². The number of aryl methyl sites for hydroxylation is 2. The van der Waals surface area contributed by atoms with E-state index in [2.05, 4.69) is 25.3 Å². The Morgan fingerprint density at radius 2 is 2.11 bits per heavy atom. The number of hydrogen-bond donors (Lipinski definition) is 3. The number of nitrogens with zero attached hydrogens (tertiary/aromatic N) is 2. The molecule has 28 heavy (non-hydrogen) atoms. The van der Waals surface area contributed by atoms with Crippen molar-refractivity contribution in [1.29, 1.82) is 0 Å². The first-order valence-electron chi connectivity index (χ1n) is 8.85. The third-order valence-corrected chi connectivity index (χ3v) is 5.52. The van der Waals surface area contributed by atoms with Crippen LogP contribution in [0.25, 0.3) is 10.9 Å². The quantitative estimate of drug-likeness (QED) is 0.485. The van der Waals surface area contributed by atoms with Gasteiger partial charge in [-0.3, -0.25) is 9.59 Å². The number of carbonyl (C=O) groups excluding carboxylic acids is 1. The maximum atomic E-state index is 12.8. The first kappa shape index (κ1) is 18.1. The Kier molecular flexibility index (Phi) is 4.79. The third-order valence-electron chi connectivity index (χ3n) is 4.59. The average Bonchev–Trinajstić information content (AvgIpc) is 3.27. The van der Waals surface area contributed by atoms with Gasteiger partial charge in [-0.2, -0.15) is 0 Å². The van der Waals surface area contributed by atoms with Crippen LogP contribution in [-0.2, 0) is 6.42 Å². The molecule has 7 nitrogen and oxygen atoms in total. The molecular weight excluding hydrogens is 374 g/mol. The lowest BCUT2D eigenvalue weighted by atomic mass is 10.0. The minimum absolute atomic E-state index is 0.218. The fourth-order valence-electron chi connectivity index (χ4n) is 3.27. The minimum Gasteiger partial charge on any atom is -0.361 e. The first-order chi connectivity index (χ1) is 13.5. The number of para-hydroxylation sites is 1. The second-order valence-electron chi connectivity index (χ2n) is 6.61. The summed E-state index contributed by atoms with van der Waals surface area (Å²) < 4.78 is 0. The number of carbonyl (C=O) groups is 1. The molecule has 8 heteroatoms. The lowest BCUT2D eigenvalue weighted by molar-refractivity contribution is 0.0939. The molecule has 1 atom stereocenters. The Labute approximate surface area is 164 Å². The van der Waals surface area contributed by atoms with E-state index in [0.717, 1.165) is 16.5 Å². The molecule has 0 aliphatic carbocycles. The normalized spacial score (nSPS) is 12.2. The van der Waals surface area contributed by atoms with Gasteiger partial charge in [0, 0.05) is 29.6 Å². The Morgan fingerprint density at radius 1 is 1.29 bits per heavy atom. The van der Waals surface area contributed by atoms with Gasteiger partial charge < -0.3 is 15.3 Å². The number of nitrogens with one attached hydrogen (secondary N) is 3. The summed E-state index contributed by atoms with van der Waals surface area (Å²) in [5.74, 6) is 0.291. The maximum Gasteiger partial charge on any atom is 0.263 e. The van der Waals surface area contributed by atoms with E-state index >= 15 is 0 Å². The van der Waals surface area contributed by atoms with Gasteiger partial charge in [-0.15, -0.1) is 11.3 Å². The highest BCUT2D eigenvalue weighted by molar-refractivity contribution is 7.11. The summed E-state index contributed by atoms with van der Waals surface area (Å²) in [4.78, 5) is 39.9. The number of hydrogen-bond acceptors (Lipinski definition) is 5. The van der Waals surface area contributed by atoms with Crippen LogP contribution < -0.4 is 10.9 Å². The molecule has 1 unspecified atom stereocenters.